The van der Waals surface area contributed by atoms with Crippen molar-refractivity contribution in [1.29, 1.82) is 0 Å². The summed E-state index contributed by atoms with van der Waals surface area (Å²) in [6.45, 7) is 0. The lowest BCUT2D eigenvalue weighted by molar-refractivity contribution is 0.447. The van der Waals surface area contributed by atoms with Gasteiger partial charge in [0.25, 0.3) is 0 Å². The van der Waals surface area contributed by atoms with E-state index in [1.165, 1.54) is 6.20 Å². The number of fused-ring (bicyclic) bond motifs is 1. The van der Waals surface area contributed by atoms with E-state index in [9.17, 15) is 17.6 Å². The third kappa shape index (κ3) is 2.04. The summed E-state index contributed by atoms with van der Waals surface area (Å²) in [6.07, 6.45) is 1.37. The van der Waals surface area contributed by atoms with Gasteiger partial charge in [0.05, 0.1) is 5.88 Å². The van der Waals surface area contributed by atoms with Crippen LogP contribution in [-0.2, 0) is 5.88 Å². The van der Waals surface area contributed by atoms with Crippen LogP contribution in [0.4, 0.5) is 17.6 Å². The first-order valence-electron chi connectivity index (χ1n) is 5.76. The summed E-state index contributed by atoms with van der Waals surface area (Å²) in [5.41, 5.74) is -0.572. The first-order valence-corrected chi connectivity index (χ1v) is 6.29. The molecule has 0 aliphatic heterocycles. The Kier molecular flexibility index (Phi) is 3.29. The molecular weight excluding hydrogens is 310 g/mol. The number of imidazole rings is 1. The van der Waals surface area contributed by atoms with Gasteiger partial charge in [0, 0.05) is 12.3 Å². The molecule has 3 rings (SSSR count). The van der Waals surface area contributed by atoms with Crippen molar-refractivity contribution in [3.63, 3.8) is 0 Å². The molecule has 0 saturated heterocycles. The highest BCUT2D eigenvalue weighted by Crippen LogP contribution is 2.28. The highest BCUT2D eigenvalue weighted by Gasteiger charge is 2.24. The van der Waals surface area contributed by atoms with Gasteiger partial charge in [-0.05, 0) is 12.1 Å². The number of hydrogen-bond donors (Lipinski definition) is 0. The van der Waals surface area contributed by atoms with Crippen LogP contribution in [0.3, 0.4) is 0 Å². The number of hydrogen-bond acceptors (Lipinski definition) is 2. The molecule has 8 heteroatoms. The Morgan fingerprint density at radius 1 is 1.10 bits per heavy atom. The maximum Gasteiger partial charge on any atom is 0.186 e. The van der Waals surface area contributed by atoms with Gasteiger partial charge in [-0.2, -0.15) is 0 Å². The van der Waals surface area contributed by atoms with Gasteiger partial charge >= 0.3 is 0 Å². The molecule has 0 spiro atoms. The van der Waals surface area contributed by atoms with Crippen LogP contribution in [0.15, 0.2) is 24.4 Å². The fourth-order valence-electron chi connectivity index (χ4n) is 2.04. The maximum absolute atomic E-state index is 13.9. The average molecular weight is 316 g/mol. The molecule has 108 valence electrons. The summed E-state index contributed by atoms with van der Waals surface area (Å²) in [5.74, 6) is -6.29. The summed E-state index contributed by atoms with van der Waals surface area (Å²) in [5, 5.41) is 0. The molecule has 1 aromatic carbocycles. The molecule has 3 nitrogen and oxygen atoms in total. The second kappa shape index (κ2) is 5.00. The molecule has 0 aliphatic rings. The normalized spacial score (nSPS) is 11.3. The van der Waals surface area contributed by atoms with Crippen molar-refractivity contribution >= 4 is 22.8 Å². The molecule has 21 heavy (non-hydrogen) atoms. The Labute approximate surface area is 120 Å². The zero-order chi connectivity index (χ0) is 15.1. The van der Waals surface area contributed by atoms with Crippen LogP contribution in [0.25, 0.3) is 16.9 Å². The Balaban J connectivity index is 2.46. The second-order valence-corrected chi connectivity index (χ2v) is 4.43. The molecule has 0 unspecified atom stereocenters. The summed E-state index contributed by atoms with van der Waals surface area (Å²) in [4.78, 5) is 7.97. The van der Waals surface area contributed by atoms with Gasteiger partial charge in [-0.1, -0.05) is 0 Å². The molecule has 0 fully saturated rings. The van der Waals surface area contributed by atoms with Gasteiger partial charge in [-0.15, -0.1) is 11.6 Å². The molecule has 0 bridgehead atoms. The second-order valence-electron chi connectivity index (χ2n) is 4.16. The van der Waals surface area contributed by atoms with Crippen LogP contribution >= 0.6 is 11.6 Å². The standard InChI is InChI=1S/C13H6ClF4N3/c14-5-9-20-8-2-1-3-19-13(8)21(9)12-10(17)6(15)4-7(16)11(12)18/h1-4H,5H2. The lowest BCUT2D eigenvalue weighted by Crippen LogP contribution is -2.09. The van der Waals surface area contributed by atoms with Crippen LogP contribution in [0, 0.1) is 23.3 Å². The van der Waals surface area contributed by atoms with Crippen molar-refractivity contribution in [3.05, 3.63) is 53.5 Å². The molecule has 0 aliphatic carbocycles. The van der Waals surface area contributed by atoms with Crippen molar-refractivity contribution in [2.24, 2.45) is 0 Å². The minimum Gasteiger partial charge on any atom is -0.274 e. The van der Waals surface area contributed by atoms with E-state index in [0.29, 0.717) is 5.52 Å². The maximum atomic E-state index is 13.9. The molecule has 0 radical (unpaired) electrons. The van der Waals surface area contributed by atoms with Crippen molar-refractivity contribution in [3.8, 4) is 5.69 Å². The molecule has 0 N–H and O–H groups in total. The van der Waals surface area contributed by atoms with E-state index in [1.54, 1.807) is 12.1 Å². The van der Waals surface area contributed by atoms with E-state index in [2.05, 4.69) is 9.97 Å². The number of halogens is 5. The van der Waals surface area contributed by atoms with Crippen molar-refractivity contribution in [2.45, 2.75) is 5.88 Å². The third-order valence-corrected chi connectivity index (χ3v) is 3.16. The Hall–Kier alpha value is -2.15. The first kappa shape index (κ1) is 13.8. The predicted octanol–water partition coefficient (Wildman–Crippen LogP) is 3.72. The molecule has 0 atom stereocenters. The zero-order valence-electron chi connectivity index (χ0n) is 10.2. The van der Waals surface area contributed by atoms with Gasteiger partial charge in [0.2, 0.25) is 0 Å². The molecule has 0 saturated carbocycles. The largest absolute Gasteiger partial charge is 0.274 e. The number of nitrogens with zero attached hydrogens (tertiary/aromatic N) is 3. The average Bonchev–Trinajstić information content (AvgIpc) is 2.84. The molecule has 0 amide bonds. The zero-order valence-corrected chi connectivity index (χ0v) is 11.0. The van der Waals surface area contributed by atoms with Crippen molar-refractivity contribution in [1.82, 2.24) is 14.5 Å². The van der Waals surface area contributed by atoms with E-state index in [1.807, 2.05) is 0 Å². The van der Waals surface area contributed by atoms with Crippen LogP contribution in [0.5, 0.6) is 0 Å². The van der Waals surface area contributed by atoms with E-state index in [0.717, 1.165) is 4.57 Å². The number of alkyl halides is 1. The molecule has 2 heterocycles. The summed E-state index contributed by atoms with van der Waals surface area (Å²) in [7, 11) is 0. The summed E-state index contributed by atoms with van der Waals surface area (Å²) in [6, 6.07) is 3.25. The highest BCUT2D eigenvalue weighted by molar-refractivity contribution is 6.16. The van der Waals surface area contributed by atoms with Crippen LogP contribution < -0.4 is 0 Å². The molecule has 2 aromatic heterocycles. The number of benzene rings is 1. The molecular formula is C13H6ClF4N3. The number of rotatable bonds is 2. The first-order chi connectivity index (χ1) is 10.0. The number of aromatic nitrogens is 3. The van der Waals surface area contributed by atoms with Crippen molar-refractivity contribution in [2.75, 3.05) is 0 Å². The van der Waals surface area contributed by atoms with E-state index in [4.69, 9.17) is 11.6 Å². The van der Waals surface area contributed by atoms with Gasteiger partial charge in [0.15, 0.2) is 28.9 Å². The monoisotopic (exact) mass is 315 g/mol. The summed E-state index contributed by atoms with van der Waals surface area (Å²) < 4.78 is 55.5. The van der Waals surface area contributed by atoms with Crippen molar-refractivity contribution < 1.29 is 17.6 Å². The minimum atomic E-state index is -1.54. The SMILES string of the molecule is Fc1cc(F)c(F)c(-n2c(CCl)nc3cccnc32)c1F. The Bertz CT molecular complexity index is 821. The fourth-order valence-corrected chi connectivity index (χ4v) is 2.22. The van der Waals surface area contributed by atoms with Crippen LogP contribution in [0.1, 0.15) is 5.82 Å². The van der Waals surface area contributed by atoms with E-state index >= 15 is 0 Å². The van der Waals surface area contributed by atoms with Gasteiger partial charge in [-0.25, -0.2) is 27.5 Å². The van der Waals surface area contributed by atoms with Gasteiger partial charge in [0.1, 0.15) is 17.0 Å². The van der Waals surface area contributed by atoms with Gasteiger partial charge < -0.3 is 0 Å². The smallest absolute Gasteiger partial charge is 0.186 e. The Morgan fingerprint density at radius 2 is 1.76 bits per heavy atom. The topological polar surface area (TPSA) is 30.7 Å². The molecule has 3 aromatic rings. The van der Waals surface area contributed by atoms with E-state index in [-0.39, 0.29) is 23.4 Å². The summed E-state index contributed by atoms with van der Waals surface area (Å²) >= 11 is 5.69. The fraction of sp³-hybridized carbons (Fsp3) is 0.0769. The van der Waals surface area contributed by atoms with Crippen LogP contribution in [0.2, 0.25) is 0 Å². The number of pyridine rings is 1. The minimum absolute atomic E-state index is 0.0215. The lowest BCUT2D eigenvalue weighted by Gasteiger charge is -2.10. The van der Waals surface area contributed by atoms with Crippen LogP contribution in [-0.4, -0.2) is 14.5 Å². The highest BCUT2D eigenvalue weighted by atomic mass is 35.5. The van der Waals surface area contributed by atoms with Gasteiger partial charge in [-0.3, -0.25) is 4.57 Å². The lowest BCUT2D eigenvalue weighted by atomic mass is 10.2. The third-order valence-electron chi connectivity index (χ3n) is 2.92. The van der Waals surface area contributed by atoms with E-state index < -0.39 is 29.0 Å². The predicted molar refractivity (Wildman–Crippen MR) is 68.3 cm³/mol. The Morgan fingerprint density at radius 3 is 2.38 bits per heavy atom. The quantitative estimate of drug-likeness (QED) is 0.410.